The maximum Gasteiger partial charge on any atom is 0.295 e. The average Bonchev–Trinajstić information content (AvgIpc) is 2.38. The molecule has 0 saturated carbocycles. The minimum absolute atomic E-state index is 0.153. The Morgan fingerprint density at radius 2 is 2.60 bits per heavy atom. The summed E-state index contributed by atoms with van der Waals surface area (Å²) in [7, 11) is 0. The van der Waals surface area contributed by atoms with Crippen molar-refractivity contribution >= 4 is 17.0 Å². The van der Waals surface area contributed by atoms with E-state index in [4.69, 9.17) is 0 Å². The number of hydrogen-bond acceptors (Lipinski definition) is 3. The van der Waals surface area contributed by atoms with Crippen molar-refractivity contribution in [1.29, 1.82) is 0 Å². The summed E-state index contributed by atoms with van der Waals surface area (Å²) in [5.41, 5.74) is 3.00. The standard InChI is InChI=1S/C6H12N2OS/c1-2-10-6(9)8-5-3-4-7-8/h7H,2-5H2,1H3. The van der Waals surface area contributed by atoms with E-state index >= 15 is 0 Å². The molecular formula is C6H12N2OS. The summed E-state index contributed by atoms with van der Waals surface area (Å²) in [6, 6.07) is 0. The van der Waals surface area contributed by atoms with Crippen LogP contribution in [0, 0.1) is 0 Å². The molecule has 0 radical (unpaired) electrons. The van der Waals surface area contributed by atoms with Crippen molar-refractivity contribution in [2.24, 2.45) is 0 Å². The summed E-state index contributed by atoms with van der Waals surface area (Å²) < 4.78 is 0. The minimum atomic E-state index is 0.153. The second-order valence-electron chi connectivity index (χ2n) is 2.11. The Kier molecular flexibility index (Phi) is 3.02. The molecule has 3 nitrogen and oxygen atoms in total. The second kappa shape index (κ2) is 3.83. The number of hydrogen-bond donors (Lipinski definition) is 1. The summed E-state index contributed by atoms with van der Waals surface area (Å²) in [4.78, 5) is 11.1. The molecule has 1 rings (SSSR count). The molecule has 10 heavy (non-hydrogen) atoms. The van der Waals surface area contributed by atoms with Crippen LogP contribution in [0.15, 0.2) is 0 Å². The molecule has 1 N–H and O–H groups in total. The van der Waals surface area contributed by atoms with Crippen LogP contribution >= 0.6 is 11.8 Å². The molecule has 0 bridgehead atoms. The Balaban J connectivity index is 2.25. The van der Waals surface area contributed by atoms with E-state index in [9.17, 15) is 4.79 Å². The number of nitrogens with zero attached hydrogens (tertiary/aromatic N) is 1. The van der Waals surface area contributed by atoms with Crippen molar-refractivity contribution in [1.82, 2.24) is 10.4 Å². The van der Waals surface area contributed by atoms with Crippen LogP contribution in [0.4, 0.5) is 4.79 Å². The van der Waals surface area contributed by atoms with E-state index in [2.05, 4.69) is 5.43 Å². The highest BCUT2D eigenvalue weighted by Gasteiger charge is 2.16. The smallest absolute Gasteiger partial charge is 0.269 e. The molecule has 0 atom stereocenters. The monoisotopic (exact) mass is 160 g/mol. The molecule has 4 heteroatoms. The molecule has 0 spiro atoms. The van der Waals surface area contributed by atoms with Gasteiger partial charge in [0.1, 0.15) is 0 Å². The van der Waals surface area contributed by atoms with Gasteiger partial charge in [0.2, 0.25) is 0 Å². The maximum atomic E-state index is 11.1. The van der Waals surface area contributed by atoms with Crippen molar-refractivity contribution < 1.29 is 4.79 Å². The first kappa shape index (κ1) is 7.88. The molecule has 1 saturated heterocycles. The summed E-state index contributed by atoms with van der Waals surface area (Å²) >= 11 is 1.35. The van der Waals surface area contributed by atoms with Gasteiger partial charge in [0.15, 0.2) is 0 Å². The predicted molar refractivity (Wildman–Crippen MR) is 42.9 cm³/mol. The Morgan fingerprint density at radius 1 is 1.80 bits per heavy atom. The highest BCUT2D eigenvalue weighted by Crippen LogP contribution is 2.08. The second-order valence-corrected chi connectivity index (χ2v) is 3.33. The van der Waals surface area contributed by atoms with Crippen LogP contribution in [0.2, 0.25) is 0 Å². The summed E-state index contributed by atoms with van der Waals surface area (Å²) in [5.74, 6) is 0.858. The fraction of sp³-hybridized carbons (Fsp3) is 0.833. The number of hydrazine groups is 1. The number of thioether (sulfide) groups is 1. The van der Waals surface area contributed by atoms with Crippen LogP contribution in [-0.4, -0.2) is 29.1 Å². The van der Waals surface area contributed by atoms with Gasteiger partial charge < -0.3 is 0 Å². The average molecular weight is 160 g/mol. The number of nitrogens with one attached hydrogen (secondary N) is 1. The summed E-state index contributed by atoms with van der Waals surface area (Å²) in [5, 5.41) is 1.84. The van der Waals surface area contributed by atoms with Crippen molar-refractivity contribution in [3.63, 3.8) is 0 Å². The lowest BCUT2D eigenvalue weighted by molar-refractivity contribution is 0.217. The van der Waals surface area contributed by atoms with Gasteiger partial charge in [0, 0.05) is 13.1 Å². The third kappa shape index (κ3) is 1.88. The van der Waals surface area contributed by atoms with E-state index in [-0.39, 0.29) is 5.24 Å². The zero-order valence-electron chi connectivity index (χ0n) is 6.09. The first-order valence-electron chi connectivity index (χ1n) is 3.52. The van der Waals surface area contributed by atoms with E-state index in [1.165, 1.54) is 11.8 Å². The van der Waals surface area contributed by atoms with Gasteiger partial charge in [-0.25, -0.2) is 5.43 Å². The van der Waals surface area contributed by atoms with Gasteiger partial charge in [-0.05, 0) is 12.2 Å². The van der Waals surface area contributed by atoms with Crippen LogP contribution in [-0.2, 0) is 0 Å². The number of rotatable bonds is 1. The third-order valence-corrected chi connectivity index (χ3v) is 2.11. The molecule has 1 fully saturated rings. The minimum Gasteiger partial charge on any atom is -0.269 e. The first-order chi connectivity index (χ1) is 4.84. The van der Waals surface area contributed by atoms with Crippen molar-refractivity contribution in [3.05, 3.63) is 0 Å². The number of amides is 1. The third-order valence-electron chi connectivity index (χ3n) is 1.35. The molecule has 1 aliphatic heterocycles. The lowest BCUT2D eigenvalue weighted by Gasteiger charge is -2.13. The molecule has 58 valence electrons. The van der Waals surface area contributed by atoms with E-state index in [1.54, 1.807) is 5.01 Å². The Labute approximate surface area is 65.1 Å². The normalized spacial score (nSPS) is 17.9. The molecule has 1 heterocycles. The van der Waals surface area contributed by atoms with Gasteiger partial charge in [-0.3, -0.25) is 9.80 Å². The summed E-state index contributed by atoms with van der Waals surface area (Å²) in [6.07, 6.45) is 1.08. The maximum absolute atomic E-state index is 11.1. The molecule has 1 amide bonds. The molecular weight excluding hydrogens is 148 g/mol. The molecule has 0 aliphatic carbocycles. The van der Waals surface area contributed by atoms with Gasteiger partial charge in [-0.15, -0.1) is 0 Å². The lowest BCUT2D eigenvalue weighted by atomic mass is 10.5. The predicted octanol–water partition coefficient (Wildman–Crippen LogP) is 1.07. The highest BCUT2D eigenvalue weighted by atomic mass is 32.2. The fourth-order valence-electron chi connectivity index (χ4n) is 0.887. The molecule has 1 aliphatic rings. The van der Waals surface area contributed by atoms with Gasteiger partial charge in [0.25, 0.3) is 5.24 Å². The van der Waals surface area contributed by atoms with Crippen LogP contribution in [0.1, 0.15) is 13.3 Å². The van der Waals surface area contributed by atoms with E-state index in [0.717, 1.165) is 25.3 Å². The SMILES string of the molecule is CCSC(=O)N1CCCN1. The van der Waals surface area contributed by atoms with Gasteiger partial charge in [-0.2, -0.15) is 0 Å². The van der Waals surface area contributed by atoms with Crippen LogP contribution in [0.25, 0.3) is 0 Å². The topological polar surface area (TPSA) is 32.3 Å². The van der Waals surface area contributed by atoms with Crippen LogP contribution in [0.3, 0.4) is 0 Å². The van der Waals surface area contributed by atoms with Gasteiger partial charge in [0.05, 0.1) is 0 Å². The quantitative estimate of drug-likeness (QED) is 0.622. The number of carbonyl (C=O) groups is 1. The van der Waals surface area contributed by atoms with Crippen LogP contribution in [0.5, 0.6) is 0 Å². The van der Waals surface area contributed by atoms with Gasteiger partial charge in [-0.1, -0.05) is 18.7 Å². The van der Waals surface area contributed by atoms with Crippen LogP contribution < -0.4 is 5.43 Å². The van der Waals surface area contributed by atoms with Gasteiger partial charge >= 0.3 is 0 Å². The van der Waals surface area contributed by atoms with E-state index in [0.29, 0.717) is 0 Å². The Morgan fingerprint density at radius 3 is 3.10 bits per heavy atom. The largest absolute Gasteiger partial charge is 0.295 e. The Bertz CT molecular complexity index is 123. The highest BCUT2D eigenvalue weighted by molar-refractivity contribution is 8.13. The molecule has 0 aromatic rings. The molecule has 0 unspecified atom stereocenters. The van der Waals surface area contributed by atoms with Crippen molar-refractivity contribution in [3.8, 4) is 0 Å². The lowest BCUT2D eigenvalue weighted by Crippen LogP contribution is -2.34. The number of carbonyl (C=O) groups excluding carboxylic acids is 1. The van der Waals surface area contributed by atoms with E-state index < -0.39 is 0 Å². The first-order valence-corrected chi connectivity index (χ1v) is 4.51. The zero-order chi connectivity index (χ0) is 7.40. The fourth-order valence-corrected chi connectivity index (χ4v) is 1.45. The van der Waals surface area contributed by atoms with E-state index in [1.807, 2.05) is 6.92 Å². The molecule has 0 aromatic carbocycles. The zero-order valence-corrected chi connectivity index (χ0v) is 6.91. The summed E-state index contributed by atoms with van der Waals surface area (Å²) in [6.45, 7) is 3.79. The van der Waals surface area contributed by atoms with Crippen molar-refractivity contribution in [2.45, 2.75) is 13.3 Å². The van der Waals surface area contributed by atoms with Crippen molar-refractivity contribution in [2.75, 3.05) is 18.8 Å². The molecule has 0 aromatic heterocycles. The Hall–Kier alpha value is -0.220.